The number of nitrogens with zero attached hydrogens (tertiary/aromatic N) is 2. The molecule has 0 unspecified atom stereocenters. The average molecular weight is 340 g/mol. The third kappa shape index (κ3) is 4.10. The Morgan fingerprint density at radius 3 is 2.39 bits per heavy atom. The molecule has 23 heavy (non-hydrogen) atoms. The number of carbonyl (C=O) groups is 1. The maximum atomic E-state index is 12.8. The fourth-order valence-corrected chi connectivity index (χ4v) is 4.31. The van der Waals surface area contributed by atoms with Gasteiger partial charge in [-0.15, -0.1) is 0 Å². The van der Waals surface area contributed by atoms with Gasteiger partial charge in [0, 0.05) is 32.8 Å². The molecule has 0 radical (unpaired) electrons. The van der Waals surface area contributed by atoms with Crippen molar-refractivity contribution in [3.63, 3.8) is 0 Å². The van der Waals surface area contributed by atoms with Crippen LogP contribution in [0.25, 0.3) is 0 Å². The first-order valence-electron chi connectivity index (χ1n) is 7.79. The molecule has 0 N–H and O–H groups in total. The Kier molecular flexibility index (Phi) is 5.78. The topological polar surface area (TPSA) is 66.9 Å². The normalized spacial score (nSPS) is 16.6. The van der Waals surface area contributed by atoms with E-state index in [1.54, 1.807) is 11.0 Å². The molecule has 0 saturated carbocycles. The molecule has 7 heteroatoms. The third-order valence-corrected chi connectivity index (χ3v) is 6.03. The molecule has 0 aliphatic carbocycles. The monoisotopic (exact) mass is 340 g/mol. The summed E-state index contributed by atoms with van der Waals surface area (Å²) in [6.45, 7) is 7.55. The van der Waals surface area contributed by atoms with Gasteiger partial charge in [0.1, 0.15) is 6.61 Å². The predicted octanol–water partition coefficient (Wildman–Crippen LogP) is 1.17. The highest BCUT2D eigenvalue weighted by molar-refractivity contribution is 7.89. The largest absolute Gasteiger partial charge is 0.372 e. The average Bonchev–Trinajstić information content (AvgIpc) is 2.52. The van der Waals surface area contributed by atoms with Crippen molar-refractivity contribution in [3.8, 4) is 0 Å². The van der Waals surface area contributed by atoms with Crippen LogP contribution in [-0.2, 0) is 19.6 Å². The van der Waals surface area contributed by atoms with Gasteiger partial charge in [-0.25, -0.2) is 8.42 Å². The number of benzene rings is 1. The number of sulfonamides is 1. The highest BCUT2D eigenvalue weighted by Crippen LogP contribution is 2.22. The van der Waals surface area contributed by atoms with Crippen molar-refractivity contribution < 1.29 is 17.9 Å². The van der Waals surface area contributed by atoms with E-state index >= 15 is 0 Å². The van der Waals surface area contributed by atoms with Crippen LogP contribution in [0.2, 0.25) is 0 Å². The first-order valence-corrected chi connectivity index (χ1v) is 9.23. The van der Waals surface area contributed by atoms with Gasteiger partial charge < -0.3 is 9.64 Å². The first-order chi connectivity index (χ1) is 10.9. The Morgan fingerprint density at radius 1 is 1.17 bits per heavy atom. The van der Waals surface area contributed by atoms with Crippen LogP contribution in [0.15, 0.2) is 23.1 Å². The number of amides is 1. The second-order valence-electron chi connectivity index (χ2n) is 5.69. The van der Waals surface area contributed by atoms with E-state index in [0.29, 0.717) is 37.7 Å². The molecule has 1 fully saturated rings. The van der Waals surface area contributed by atoms with Crippen LogP contribution < -0.4 is 0 Å². The zero-order valence-electron chi connectivity index (χ0n) is 13.9. The molecule has 0 aromatic heterocycles. The van der Waals surface area contributed by atoms with Crippen molar-refractivity contribution in [1.29, 1.82) is 0 Å². The molecule has 6 nitrogen and oxygen atoms in total. The molecule has 128 valence electrons. The molecule has 0 atom stereocenters. The van der Waals surface area contributed by atoms with Crippen molar-refractivity contribution in [1.82, 2.24) is 9.21 Å². The number of carbonyl (C=O) groups excluding carboxylic acids is 1. The molecule has 0 spiro atoms. The van der Waals surface area contributed by atoms with Crippen molar-refractivity contribution in [2.45, 2.75) is 25.7 Å². The summed E-state index contributed by atoms with van der Waals surface area (Å²) in [5, 5.41) is 0. The molecular formula is C16H24N2O4S. The SMILES string of the molecule is CCOCC(=O)N1CCN(S(=O)(=O)c2ccc(C)cc2C)CC1. The standard InChI is InChI=1S/C16H24N2O4S/c1-4-22-12-16(19)17-7-9-18(10-8-17)23(20,21)15-6-5-13(2)11-14(15)3/h5-6,11H,4,7-10,12H2,1-3H3. The highest BCUT2D eigenvalue weighted by atomic mass is 32.2. The van der Waals surface area contributed by atoms with Crippen LogP contribution in [0.1, 0.15) is 18.1 Å². The molecule has 1 amide bonds. The Balaban J connectivity index is 2.05. The second kappa shape index (κ2) is 7.42. The number of hydrogen-bond donors (Lipinski definition) is 0. The maximum absolute atomic E-state index is 12.8. The lowest BCUT2D eigenvalue weighted by molar-refractivity contribution is -0.137. The molecule has 2 rings (SSSR count). The quantitative estimate of drug-likeness (QED) is 0.807. The number of ether oxygens (including phenoxy) is 1. The minimum absolute atomic E-state index is 0.0559. The van der Waals surface area contributed by atoms with Crippen LogP contribution in [0, 0.1) is 13.8 Å². The molecule has 1 heterocycles. The van der Waals surface area contributed by atoms with Gasteiger partial charge in [0.15, 0.2) is 0 Å². The Hall–Kier alpha value is -1.44. The Morgan fingerprint density at radius 2 is 1.83 bits per heavy atom. The molecule has 1 aromatic rings. The van der Waals surface area contributed by atoms with Gasteiger partial charge in [-0.3, -0.25) is 4.79 Å². The minimum atomic E-state index is -3.51. The van der Waals surface area contributed by atoms with Gasteiger partial charge in [0.2, 0.25) is 15.9 Å². The van der Waals surface area contributed by atoms with Gasteiger partial charge >= 0.3 is 0 Å². The van der Waals surface area contributed by atoms with Crippen molar-refractivity contribution >= 4 is 15.9 Å². The van der Waals surface area contributed by atoms with Crippen LogP contribution in [0.4, 0.5) is 0 Å². The minimum Gasteiger partial charge on any atom is -0.372 e. The fraction of sp³-hybridized carbons (Fsp3) is 0.562. The summed E-state index contributed by atoms with van der Waals surface area (Å²) in [5.74, 6) is -0.0876. The van der Waals surface area contributed by atoms with Gasteiger partial charge in [0.25, 0.3) is 0 Å². The van der Waals surface area contributed by atoms with Crippen LogP contribution in [0.3, 0.4) is 0 Å². The summed E-state index contributed by atoms with van der Waals surface area (Å²) in [7, 11) is -3.51. The molecule has 1 aliphatic rings. The summed E-state index contributed by atoms with van der Waals surface area (Å²) in [5.41, 5.74) is 1.78. The lowest BCUT2D eigenvalue weighted by Crippen LogP contribution is -2.51. The van der Waals surface area contributed by atoms with Gasteiger partial charge in [-0.2, -0.15) is 4.31 Å². The van der Waals surface area contributed by atoms with Crippen molar-refractivity contribution in [2.24, 2.45) is 0 Å². The van der Waals surface area contributed by atoms with E-state index in [1.807, 2.05) is 32.9 Å². The van der Waals surface area contributed by atoms with E-state index in [2.05, 4.69) is 0 Å². The summed E-state index contributed by atoms with van der Waals surface area (Å²) in [6.07, 6.45) is 0. The number of hydrogen-bond acceptors (Lipinski definition) is 4. The van der Waals surface area contributed by atoms with Gasteiger partial charge in [-0.1, -0.05) is 17.7 Å². The predicted molar refractivity (Wildman–Crippen MR) is 87.7 cm³/mol. The van der Waals surface area contributed by atoms with E-state index in [0.717, 1.165) is 11.1 Å². The molecule has 1 aromatic carbocycles. The zero-order valence-corrected chi connectivity index (χ0v) is 14.7. The van der Waals surface area contributed by atoms with E-state index in [1.165, 1.54) is 4.31 Å². The second-order valence-corrected chi connectivity index (χ2v) is 7.60. The summed E-state index contributed by atoms with van der Waals surface area (Å²) >= 11 is 0. The highest BCUT2D eigenvalue weighted by Gasteiger charge is 2.30. The maximum Gasteiger partial charge on any atom is 0.248 e. The molecule has 1 saturated heterocycles. The Bertz CT molecular complexity index is 665. The number of rotatable bonds is 5. The lowest BCUT2D eigenvalue weighted by atomic mass is 10.2. The van der Waals surface area contributed by atoms with Crippen LogP contribution >= 0.6 is 0 Å². The van der Waals surface area contributed by atoms with Crippen LogP contribution in [-0.4, -0.2) is 62.9 Å². The van der Waals surface area contributed by atoms with Crippen molar-refractivity contribution in [3.05, 3.63) is 29.3 Å². The fourth-order valence-electron chi connectivity index (χ4n) is 2.69. The van der Waals surface area contributed by atoms with E-state index in [4.69, 9.17) is 4.74 Å². The summed E-state index contributed by atoms with van der Waals surface area (Å²) < 4.78 is 32.1. The van der Waals surface area contributed by atoms with Gasteiger partial charge in [-0.05, 0) is 32.4 Å². The van der Waals surface area contributed by atoms with E-state index in [-0.39, 0.29) is 12.5 Å². The number of aryl methyl sites for hydroxylation is 2. The molecular weight excluding hydrogens is 316 g/mol. The summed E-state index contributed by atoms with van der Waals surface area (Å²) in [6, 6.07) is 5.34. The zero-order chi connectivity index (χ0) is 17.0. The third-order valence-electron chi connectivity index (χ3n) is 3.97. The van der Waals surface area contributed by atoms with E-state index < -0.39 is 10.0 Å². The Labute approximate surface area is 138 Å². The lowest BCUT2D eigenvalue weighted by Gasteiger charge is -2.34. The molecule has 0 bridgehead atoms. The number of piperazine rings is 1. The molecule has 1 aliphatic heterocycles. The van der Waals surface area contributed by atoms with Crippen molar-refractivity contribution in [2.75, 3.05) is 39.4 Å². The van der Waals surface area contributed by atoms with Gasteiger partial charge in [0.05, 0.1) is 4.90 Å². The summed E-state index contributed by atoms with van der Waals surface area (Å²) in [4.78, 5) is 13.9. The first kappa shape index (κ1) is 17.9. The van der Waals surface area contributed by atoms with Crippen LogP contribution in [0.5, 0.6) is 0 Å². The smallest absolute Gasteiger partial charge is 0.248 e. The van der Waals surface area contributed by atoms with E-state index in [9.17, 15) is 13.2 Å².